The van der Waals surface area contributed by atoms with E-state index in [1.165, 1.54) is 5.57 Å². The number of hydrogen-bond acceptors (Lipinski definition) is 2. The summed E-state index contributed by atoms with van der Waals surface area (Å²) in [5.41, 5.74) is -1.16. The number of fused-ring (bicyclic) bond motifs is 3. The molecule has 0 saturated heterocycles. The lowest BCUT2D eigenvalue weighted by atomic mass is 9.43. The Balaban J connectivity index is 2.08. The highest BCUT2D eigenvalue weighted by Crippen LogP contribution is 2.65. The summed E-state index contributed by atoms with van der Waals surface area (Å²) < 4.78 is 0. The number of allylic oxidation sites excluding steroid dienone is 2. The summed E-state index contributed by atoms with van der Waals surface area (Å²) in [6, 6.07) is 0. The Kier molecular flexibility index (Phi) is 3.61. The first kappa shape index (κ1) is 16.8. The molecular formula is C20H30O3. The van der Waals surface area contributed by atoms with E-state index in [0.29, 0.717) is 18.8 Å². The number of hydrogen-bond donors (Lipinski definition) is 2. The minimum atomic E-state index is -1.14. The predicted octanol–water partition coefficient (Wildman–Crippen LogP) is 4.32. The number of aliphatic hydroxyl groups is 1. The van der Waals surface area contributed by atoms with Crippen LogP contribution in [0.2, 0.25) is 0 Å². The van der Waals surface area contributed by atoms with Crippen molar-refractivity contribution in [3.63, 3.8) is 0 Å². The lowest BCUT2D eigenvalue weighted by Crippen LogP contribution is -2.66. The Morgan fingerprint density at radius 1 is 1.30 bits per heavy atom. The van der Waals surface area contributed by atoms with E-state index in [9.17, 15) is 15.0 Å². The highest BCUT2D eigenvalue weighted by atomic mass is 16.4. The summed E-state index contributed by atoms with van der Waals surface area (Å²) in [7, 11) is 0. The van der Waals surface area contributed by atoms with Crippen molar-refractivity contribution < 1.29 is 15.0 Å². The van der Waals surface area contributed by atoms with E-state index >= 15 is 0 Å². The molecule has 0 aromatic carbocycles. The molecule has 3 heteroatoms. The molecule has 0 radical (unpaired) electrons. The van der Waals surface area contributed by atoms with Gasteiger partial charge in [-0.2, -0.15) is 0 Å². The zero-order chi connectivity index (χ0) is 17.1. The van der Waals surface area contributed by atoms with Crippen LogP contribution in [0, 0.1) is 22.2 Å². The molecule has 2 saturated carbocycles. The highest BCUT2D eigenvalue weighted by molar-refractivity contribution is 5.76. The van der Waals surface area contributed by atoms with Gasteiger partial charge in [0.15, 0.2) is 0 Å². The minimum Gasteiger partial charge on any atom is -0.481 e. The molecular weight excluding hydrogens is 288 g/mol. The maximum atomic E-state index is 12.0. The van der Waals surface area contributed by atoms with Crippen LogP contribution in [0.4, 0.5) is 0 Å². The van der Waals surface area contributed by atoms with Crippen LogP contribution in [0.15, 0.2) is 24.3 Å². The Morgan fingerprint density at radius 2 is 2.00 bits per heavy atom. The maximum Gasteiger partial charge on any atom is 0.312 e. The van der Waals surface area contributed by atoms with Crippen LogP contribution in [0.5, 0.6) is 0 Å². The molecule has 3 rings (SSSR count). The van der Waals surface area contributed by atoms with E-state index < -0.39 is 22.4 Å². The molecule has 0 spiro atoms. The number of carbonyl (C=O) groups is 1. The van der Waals surface area contributed by atoms with E-state index in [4.69, 9.17) is 0 Å². The third kappa shape index (κ3) is 2.02. The van der Waals surface area contributed by atoms with E-state index in [0.717, 1.165) is 32.1 Å². The first-order chi connectivity index (χ1) is 10.6. The van der Waals surface area contributed by atoms with Crippen LogP contribution in [-0.2, 0) is 4.79 Å². The van der Waals surface area contributed by atoms with Gasteiger partial charge in [0.2, 0.25) is 0 Å². The molecule has 0 aliphatic heterocycles. The van der Waals surface area contributed by atoms with Crippen LogP contribution in [0.3, 0.4) is 0 Å². The van der Waals surface area contributed by atoms with Gasteiger partial charge in [-0.25, -0.2) is 0 Å². The van der Waals surface area contributed by atoms with Gasteiger partial charge in [-0.3, -0.25) is 4.79 Å². The zero-order valence-corrected chi connectivity index (χ0v) is 14.7. The van der Waals surface area contributed by atoms with Gasteiger partial charge in [-0.15, -0.1) is 6.58 Å². The van der Waals surface area contributed by atoms with Crippen LogP contribution in [-0.4, -0.2) is 21.8 Å². The van der Waals surface area contributed by atoms with Gasteiger partial charge < -0.3 is 10.2 Å². The summed E-state index contributed by atoms with van der Waals surface area (Å²) in [5, 5.41) is 21.5. The predicted molar refractivity (Wildman–Crippen MR) is 91.0 cm³/mol. The van der Waals surface area contributed by atoms with Crippen molar-refractivity contribution in [3.8, 4) is 0 Å². The second-order valence-electron chi connectivity index (χ2n) is 8.84. The average molecular weight is 318 g/mol. The first-order valence-corrected chi connectivity index (χ1v) is 8.92. The molecule has 2 N–H and O–H groups in total. The highest BCUT2D eigenvalue weighted by Gasteiger charge is 2.67. The van der Waals surface area contributed by atoms with Crippen molar-refractivity contribution >= 4 is 5.97 Å². The van der Waals surface area contributed by atoms with Gasteiger partial charge in [0.05, 0.1) is 11.0 Å². The molecule has 5 atom stereocenters. The van der Waals surface area contributed by atoms with E-state index in [1.54, 1.807) is 6.92 Å². The Labute approximate surface area is 139 Å². The Bertz CT molecular complexity index is 579. The van der Waals surface area contributed by atoms with Crippen molar-refractivity contribution in [2.24, 2.45) is 22.2 Å². The maximum absolute atomic E-state index is 12.0. The minimum absolute atomic E-state index is 0.130. The van der Waals surface area contributed by atoms with Gasteiger partial charge in [0, 0.05) is 5.41 Å². The SMILES string of the molecule is C=C[C@@]1(C)CC=C2[C@@H](CC[C@]3(O)[C@](C)(C(=O)O)CCC[C@@]23C)C1. The van der Waals surface area contributed by atoms with Gasteiger partial charge in [-0.1, -0.05) is 38.0 Å². The molecule has 128 valence electrons. The third-order valence-electron chi connectivity index (χ3n) is 7.58. The van der Waals surface area contributed by atoms with Gasteiger partial charge >= 0.3 is 5.97 Å². The molecule has 3 aliphatic carbocycles. The van der Waals surface area contributed by atoms with Gasteiger partial charge in [0.25, 0.3) is 0 Å². The summed E-state index contributed by atoms with van der Waals surface area (Å²) in [6.45, 7) is 10.1. The van der Waals surface area contributed by atoms with Crippen LogP contribution >= 0.6 is 0 Å². The molecule has 0 aromatic heterocycles. The van der Waals surface area contributed by atoms with Gasteiger partial charge in [-0.05, 0) is 56.8 Å². The standard InChI is InChI=1S/C20H30O3/c1-5-17(2)11-8-15-14(13-17)7-12-20(23)18(15,3)9-6-10-19(20,4)16(21)22/h5,8,14,23H,1,6-7,9-13H2,2-4H3,(H,21,22)/t14-,17-,18-,19-,20+/m0/s1. The zero-order valence-electron chi connectivity index (χ0n) is 14.7. The Hall–Kier alpha value is -1.09. The normalized spacial score (nSPS) is 49.6. The van der Waals surface area contributed by atoms with Crippen molar-refractivity contribution in [1.82, 2.24) is 0 Å². The molecule has 3 aliphatic rings. The molecule has 0 heterocycles. The topological polar surface area (TPSA) is 57.5 Å². The fourth-order valence-electron chi connectivity index (χ4n) is 5.79. The largest absolute Gasteiger partial charge is 0.481 e. The van der Waals surface area contributed by atoms with Crippen molar-refractivity contribution in [2.75, 3.05) is 0 Å². The molecule has 0 aromatic rings. The third-order valence-corrected chi connectivity index (χ3v) is 7.58. The summed E-state index contributed by atoms with van der Waals surface area (Å²) in [5.74, 6) is -0.398. The molecule has 3 nitrogen and oxygen atoms in total. The molecule has 0 bridgehead atoms. The number of aliphatic carboxylic acids is 1. The summed E-state index contributed by atoms with van der Waals surface area (Å²) in [6.07, 6.45) is 10.2. The molecule has 0 unspecified atom stereocenters. The fraction of sp³-hybridized carbons (Fsp3) is 0.750. The lowest BCUT2D eigenvalue weighted by molar-refractivity contribution is -0.212. The second-order valence-corrected chi connectivity index (χ2v) is 8.84. The number of rotatable bonds is 2. The van der Waals surface area contributed by atoms with Crippen LogP contribution < -0.4 is 0 Å². The van der Waals surface area contributed by atoms with E-state index in [2.05, 4.69) is 32.6 Å². The average Bonchev–Trinajstić information content (AvgIpc) is 2.50. The van der Waals surface area contributed by atoms with Crippen LogP contribution in [0.1, 0.15) is 65.7 Å². The monoisotopic (exact) mass is 318 g/mol. The first-order valence-electron chi connectivity index (χ1n) is 8.92. The van der Waals surface area contributed by atoms with Crippen molar-refractivity contribution in [2.45, 2.75) is 71.3 Å². The quantitative estimate of drug-likeness (QED) is 0.745. The van der Waals surface area contributed by atoms with E-state index in [-0.39, 0.29) is 5.41 Å². The van der Waals surface area contributed by atoms with Crippen molar-refractivity contribution in [3.05, 3.63) is 24.3 Å². The lowest BCUT2D eigenvalue weighted by Gasteiger charge is -2.62. The fourth-order valence-corrected chi connectivity index (χ4v) is 5.79. The number of carboxylic acid groups (broad SMARTS) is 1. The smallest absolute Gasteiger partial charge is 0.312 e. The Morgan fingerprint density at radius 3 is 2.61 bits per heavy atom. The molecule has 0 amide bonds. The molecule has 2 fully saturated rings. The van der Waals surface area contributed by atoms with Crippen molar-refractivity contribution in [1.29, 1.82) is 0 Å². The van der Waals surface area contributed by atoms with E-state index in [1.807, 2.05) is 0 Å². The number of carboxylic acids is 1. The summed E-state index contributed by atoms with van der Waals surface area (Å²) in [4.78, 5) is 12.0. The van der Waals surface area contributed by atoms with Gasteiger partial charge in [0.1, 0.15) is 0 Å². The summed E-state index contributed by atoms with van der Waals surface area (Å²) >= 11 is 0. The molecule has 23 heavy (non-hydrogen) atoms. The second kappa shape index (κ2) is 4.95. The van der Waals surface area contributed by atoms with Crippen LogP contribution in [0.25, 0.3) is 0 Å².